The number of aryl methyl sites for hydroxylation is 1. The molecule has 0 N–H and O–H groups in total. The van der Waals surface area contributed by atoms with E-state index in [4.69, 9.17) is 0 Å². The van der Waals surface area contributed by atoms with Crippen LogP contribution in [0.15, 0.2) is 66.7 Å². The summed E-state index contributed by atoms with van der Waals surface area (Å²) in [6.45, 7) is 7.09. The minimum absolute atomic E-state index is 0.239. The summed E-state index contributed by atoms with van der Waals surface area (Å²) >= 11 is 0. The third-order valence-electron chi connectivity index (χ3n) is 6.58. The van der Waals surface area contributed by atoms with Gasteiger partial charge in [0.2, 0.25) is 0 Å². The monoisotopic (exact) mass is 511 g/mol. The first-order valence-corrected chi connectivity index (χ1v) is 13.7. The Bertz CT molecular complexity index is 884. The van der Waals surface area contributed by atoms with Crippen molar-refractivity contribution in [2.24, 2.45) is 11.8 Å². The Labute approximate surface area is 223 Å². The van der Waals surface area contributed by atoms with Gasteiger partial charge in [-0.3, -0.25) is 4.79 Å². The Morgan fingerprint density at radius 3 is 2.35 bits per heavy atom. The number of unbranched alkanes of at least 4 members (excludes halogenated alkanes) is 4. The second-order valence-electron chi connectivity index (χ2n) is 9.40. The predicted octanol–water partition coefficient (Wildman–Crippen LogP) is 8.52. The standard InChI is InChI=1S/C23H38.C8H7NO5/c1-4-6-7-8-11-16-21(3)23(5-2)20-15-10-14-19-22-17-12-9-13-18-22;10-6-13-8-4-2-1-3-7(8)5-14-9(11)12/h8-9,11-13,17-18,21,23H,4-7,10,14-16,19-20H2,1-3H3;1-4,6H,5H2/b11-8-;/t21-,23?;/m1./s1. The van der Waals surface area contributed by atoms with Crippen LogP contribution in [0.2, 0.25) is 0 Å². The number of carbonyl (C=O) groups excluding carboxylic acids is 1. The zero-order valence-electron chi connectivity index (χ0n) is 22.8. The lowest BCUT2D eigenvalue weighted by Crippen LogP contribution is -2.10. The van der Waals surface area contributed by atoms with Crippen molar-refractivity contribution in [1.82, 2.24) is 0 Å². The number of rotatable bonds is 18. The molecule has 0 spiro atoms. The molecule has 37 heavy (non-hydrogen) atoms. The van der Waals surface area contributed by atoms with Crippen molar-refractivity contribution in [3.63, 3.8) is 0 Å². The van der Waals surface area contributed by atoms with Gasteiger partial charge in [0.1, 0.15) is 12.4 Å². The SMILES string of the molecule is CCCC/C=C\C[C@@H](C)C(CC)CCCCCc1ccccc1.O=COc1ccccc1CO[N+](=O)[O-]. The Morgan fingerprint density at radius 1 is 0.946 bits per heavy atom. The van der Waals surface area contributed by atoms with Gasteiger partial charge in [0, 0.05) is 5.56 Å². The van der Waals surface area contributed by atoms with E-state index in [1.165, 1.54) is 75.8 Å². The zero-order chi connectivity index (χ0) is 27.1. The molecule has 1 unspecified atom stereocenters. The van der Waals surface area contributed by atoms with Crippen LogP contribution < -0.4 is 4.74 Å². The summed E-state index contributed by atoms with van der Waals surface area (Å²) in [5, 5.41) is 9.01. The molecule has 0 aromatic heterocycles. The maximum Gasteiger partial charge on any atom is 0.298 e. The molecule has 6 nitrogen and oxygen atoms in total. The van der Waals surface area contributed by atoms with E-state index in [-0.39, 0.29) is 18.8 Å². The number of para-hydroxylation sites is 1. The second-order valence-corrected chi connectivity index (χ2v) is 9.40. The van der Waals surface area contributed by atoms with Crippen molar-refractivity contribution in [1.29, 1.82) is 0 Å². The molecule has 0 fully saturated rings. The highest BCUT2D eigenvalue weighted by molar-refractivity contribution is 5.47. The minimum atomic E-state index is -0.905. The fraction of sp³-hybridized carbons (Fsp3) is 0.516. The van der Waals surface area contributed by atoms with Crippen LogP contribution in [-0.2, 0) is 22.7 Å². The van der Waals surface area contributed by atoms with E-state index in [0.29, 0.717) is 5.56 Å². The van der Waals surface area contributed by atoms with Gasteiger partial charge < -0.3 is 9.57 Å². The van der Waals surface area contributed by atoms with Gasteiger partial charge in [0.15, 0.2) is 0 Å². The van der Waals surface area contributed by atoms with Gasteiger partial charge in [-0.15, -0.1) is 10.1 Å². The molecule has 2 aromatic rings. The minimum Gasteiger partial charge on any atom is -0.428 e. The van der Waals surface area contributed by atoms with Crippen molar-refractivity contribution in [2.75, 3.05) is 0 Å². The number of benzene rings is 2. The molecular formula is C31H45NO5. The Balaban J connectivity index is 0.000000417. The molecule has 0 aliphatic rings. The number of nitrogens with zero attached hydrogens (tertiary/aromatic N) is 1. The van der Waals surface area contributed by atoms with E-state index in [9.17, 15) is 14.9 Å². The van der Waals surface area contributed by atoms with E-state index in [1.807, 2.05) is 0 Å². The van der Waals surface area contributed by atoms with Gasteiger partial charge in [-0.1, -0.05) is 120 Å². The largest absolute Gasteiger partial charge is 0.428 e. The first kappa shape index (κ1) is 31.9. The van der Waals surface area contributed by atoms with Crippen LogP contribution in [-0.4, -0.2) is 11.6 Å². The topological polar surface area (TPSA) is 78.7 Å². The van der Waals surface area contributed by atoms with Crippen LogP contribution >= 0.6 is 0 Å². The van der Waals surface area contributed by atoms with Crippen LogP contribution in [0, 0.1) is 22.0 Å². The van der Waals surface area contributed by atoms with E-state index in [1.54, 1.807) is 18.2 Å². The maximum absolute atomic E-state index is 10.1. The zero-order valence-corrected chi connectivity index (χ0v) is 22.8. The third kappa shape index (κ3) is 15.5. The van der Waals surface area contributed by atoms with E-state index in [2.05, 4.69) is 72.8 Å². The molecule has 2 aromatic carbocycles. The van der Waals surface area contributed by atoms with Crippen LogP contribution in [0.4, 0.5) is 0 Å². The molecule has 0 aliphatic heterocycles. The normalized spacial score (nSPS) is 12.3. The molecule has 0 aliphatic carbocycles. The Kier molecular flexibility index (Phi) is 18.1. The lowest BCUT2D eigenvalue weighted by atomic mass is 9.84. The molecule has 0 radical (unpaired) electrons. The molecule has 204 valence electrons. The third-order valence-corrected chi connectivity index (χ3v) is 6.58. The first-order valence-electron chi connectivity index (χ1n) is 13.7. The molecule has 0 bridgehead atoms. The quantitative estimate of drug-likeness (QED) is 0.0659. The maximum atomic E-state index is 10.1. The molecule has 2 rings (SSSR count). The molecule has 6 heteroatoms. The number of allylic oxidation sites excluding steroid dienone is 2. The smallest absolute Gasteiger partial charge is 0.298 e. The first-order chi connectivity index (χ1) is 18.0. The number of hydrogen-bond acceptors (Lipinski definition) is 5. The van der Waals surface area contributed by atoms with Crippen molar-refractivity contribution >= 4 is 6.47 Å². The highest BCUT2D eigenvalue weighted by Crippen LogP contribution is 2.25. The van der Waals surface area contributed by atoms with Crippen molar-refractivity contribution in [2.45, 2.75) is 91.6 Å². The van der Waals surface area contributed by atoms with E-state index in [0.717, 1.165) is 11.8 Å². The second kappa shape index (κ2) is 21.0. The predicted molar refractivity (Wildman–Crippen MR) is 150 cm³/mol. The summed E-state index contributed by atoms with van der Waals surface area (Å²) in [5.41, 5.74) is 1.93. The summed E-state index contributed by atoms with van der Waals surface area (Å²) < 4.78 is 4.59. The van der Waals surface area contributed by atoms with Gasteiger partial charge >= 0.3 is 0 Å². The fourth-order valence-corrected chi connectivity index (χ4v) is 4.30. The summed E-state index contributed by atoms with van der Waals surface area (Å²) in [6, 6.07) is 17.3. The fourth-order valence-electron chi connectivity index (χ4n) is 4.30. The number of ether oxygens (including phenoxy) is 1. The molecule has 0 amide bonds. The molecule has 0 saturated carbocycles. The average molecular weight is 512 g/mol. The highest BCUT2D eigenvalue weighted by atomic mass is 16.9. The lowest BCUT2D eigenvalue weighted by molar-refractivity contribution is -0.763. The van der Waals surface area contributed by atoms with Gasteiger partial charge in [-0.2, -0.15) is 0 Å². The van der Waals surface area contributed by atoms with Crippen molar-refractivity contribution in [3.05, 3.63) is 88.0 Å². The summed E-state index contributed by atoms with van der Waals surface area (Å²) in [7, 11) is 0. The van der Waals surface area contributed by atoms with Crippen LogP contribution in [0.5, 0.6) is 5.75 Å². The van der Waals surface area contributed by atoms with Crippen molar-refractivity contribution < 1.29 is 19.5 Å². The number of hydrogen-bond donors (Lipinski definition) is 0. The van der Waals surface area contributed by atoms with E-state index < -0.39 is 5.09 Å². The number of carbonyl (C=O) groups is 1. The van der Waals surface area contributed by atoms with Gasteiger partial charge in [0.05, 0.1) is 0 Å². The molecule has 0 heterocycles. The summed E-state index contributed by atoms with van der Waals surface area (Å²) in [5.74, 6) is 2.00. The van der Waals surface area contributed by atoms with E-state index >= 15 is 0 Å². The van der Waals surface area contributed by atoms with Gasteiger partial charge in [-0.05, 0) is 49.1 Å². The van der Waals surface area contributed by atoms with Crippen LogP contribution in [0.1, 0.15) is 89.7 Å². The molecule has 0 saturated heterocycles. The lowest BCUT2D eigenvalue weighted by Gasteiger charge is -2.21. The van der Waals surface area contributed by atoms with Gasteiger partial charge in [-0.25, -0.2) is 0 Å². The summed E-state index contributed by atoms with van der Waals surface area (Å²) in [6.07, 6.45) is 18.1. The average Bonchev–Trinajstić information content (AvgIpc) is 2.91. The van der Waals surface area contributed by atoms with Gasteiger partial charge in [0.25, 0.3) is 11.6 Å². The Morgan fingerprint density at radius 2 is 1.68 bits per heavy atom. The van der Waals surface area contributed by atoms with Crippen molar-refractivity contribution in [3.8, 4) is 5.75 Å². The van der Waals surface area contributed by atoms with Crippen LogP contribution in [0.25, 0.3) is 0 Å². The molecule has 2 atom stereocenters. The summed E-state index contributed by atoms with van der Waals surface area (Å²) in [4.78, 5) is 24.1. The van der Waals surface area contributed by atoms with Crippen LogP contribution in [0.3, 0.4) is 0 Å². The Hall–Kier alpha value is -3.15. The highest BCUT2D eigenvalue weighted by Gasteiger charge is 2.13. The molecular weight excluding hydrogens is 466 g/mol.